The van der Waals surface area contributed by atoms with Crippen molar-refractivity contribution in [2.75, 3.05) is 13.1 Å². The highest BCUT2D eigenvalue weighted by atomic mass is 32.2. The molecule has 20 heavy (non-hydrogen) atoms. The Morgan fingerprint density at radius 2 is 1.90 bits per heavy atom. The summed E-state index contributed by atoms with van der Waals surface area (Å²) in [6.45, 7) is 2.87. The lowest BCUT2D eigenvalue weighted by Crippen LogP contribution is -2.44. The van der Waals surface area contributed by atoms with E-state index < -0.39 is 10.0 Å². The smallest absolute Gasteiger partial charge is 0.305 e. The first-order valence-corrected chi connectivity index (χ1v) is 9.44. The van der Waals surface area contributed by atoms with Gasteiger partial charge in [-0.1, -0.05) is 30.6 Å². The molecular formula is C13H20N2O3S2. The molecule has 0 amide bonds. The van der Waals surface area contributed by atoms with Crippen molar-refractivity contribution in [2.24, 2.45) is 11.8 Å². The number of aromatic nitrogens is 1. The van der Waals surface area contributed by atoms with Gasteiger partial charge in [0.05, 0.1) is 0 Å². The maximum Gasteiger partial charge on any atom is 0.305 e. The summed E-state index contributed by atoms with van der Waals surface area (Å²) >= 11 is 0.804. The average molecular weight is 316 g/mol. The molecule has 0 radical (unpaired) electrons. The van der Waals surface area contributed by atoms with Crippen LogP contribution in [-0.4, -0.2) is 30.8 Å². The molecule has 1 N–H and O–H groups in total. The van der Waals surface area contributed by atoms with Gasteiger partial charge < -0.3 is 4.98 Å². The Bertz CT molecular complexity index is 647. The summed E-state index contributed by atoms with van der Waals surface area (Å²) in [6, 6.07) is 0. The van der Waals surface area contributed by atoms with Crippen LogP contribution >= 0.6 is 11.3 Å². The van der Waals surface area contributed by atoms with Crippen molar-refractivity contribution < 1.29 is 8.42 Å². The Kier molecular flexibility index (Phi) is 3.77. The summed E-state index contributed by atoms with van der Waals surface area (Å²) in [5.41, 5.74) is 0.464. The highest BCUT2D eigenvalue weighted by Crippen LogP contribution is 2.38. The fraction of sp³-hybridized carbons (Fsp3) is 0.769. The van der Waals surface area contributed by atoms with Crippen LogP contribution in [0.15, 0.2) is 9.00 Å². The molecule has 0 bridgehead atoms. The average Bonchev–Trinajstić information content (AvgIpc) is 2.78. The third kappa shape index (κ3) is 2.46. The van der Waals surface area contributed by atoms with Crippen molar-refractivity contribution in [3.8, 4) is 0 Å². The van der Waals surface area contributed by atoms with Gasteiger partial charge in [-0.3, -0.25) is 4.79 Å². The molecule has 1 saturated carbocycles. The summed E-state index contributed by atoms with van der Waals surface area (Å²) in [4.78, 5) is 13.6. The quantitative estimate of drug-likeness (QED) is 0.906. The summed E-state index contributed by atoms with van der Waals surface area (Å²) < 4.78 is 27.1. The van der Waals surface area contributed by atoms with E-state index in [2.05, 4.69) is 4.98 Å². The molecule has 7 heteroatoms. The van der Waals surface area contributed by atoms with Crippen LogP contribution in [0, 0.1) is 18.8 Å². The summed E-state index contributed by atoms with van der Waals surface area (Å²) in [7, 11) is -3.50. The van der Waals surface area contributed by atoms with Gasteiger partial charge in [-0.2, -0.15) is 4.31 Å². The van der Waals surface area contributed by atoms with Crippen LogP contribution in [0.4, 0.5) is 0 Å². The zero-order valence-electron chi connectivity index (χ0n) is 11.6. The molecule has 2 atom stereocenters. The van der Waals surface area contributed by atoms with Crippen LogP contribution in [0.3, 0.4) is 0 Å². The Balaban J connectivity index is 1.85. The van der Waals surface area contributed by atoms with Gasteiger partial charge in [-0.05, 0) is 31.6 Å². The lowest BCUT2D eigenvalue weighted by molar-refractivity contribution is 0.136. The maximum absolute atomic E-state index is 12.7. The van der Waals surface area contributed by atoms with Gasteiger partial charge >= 0.3 is 4.87 Å². The molecule has 0 spiro atoms. The molecule has 2 fully saturated rings. The normalized spacial score (nSPS) is 28.2. The Labute approximate surface area is 123 Å². The van der Waals surface area contributed by atoms with Crippen LogP contribution < -0.4 is 4.87 Å². The van der Waals surface area contributed by atoms with Crippen LogP contribution in [0.2, 0.25) is 0 Å². The number of aromatic amines is 1. The van der Waals surface area contributed by atoms with Crippen LogP contribution in [0.1, 0.15) is 37.8 Å². The summed E-state index contributed by atoms with van der Waals surface area (Å²) in [5.74, 6) is 1.20. The lowest BCUT2D eigenvalue weighted by Gasteiger charge is -2.40. The Hall–Kier alpha value is -0.660. The number of fused-ring (bicyclic) bond motifs is 1. The summed E-state index contributed by atoms with van der Waals surface area (Å²) in [6.07, 6.45) is 5.84. The van der Waals surface area contributed by atoms with Crippen molar-refractivity contribution in [3.05, 3.63) is 15.4 Å². The van der Waals surface area contributed by atoms with Crippen molar-refractivity contribution in [1.29, 1.82) is 0 Å². The third-order valence-corrected chi connectivity index (χ3v) is 8.06. The van der Waals surface area contributed by atoms with E-state index in [1.54, 1.807) is 11.2 Å². The Morgan fingerprint density at radius 1 is 1.20 bits per heavy atom. The number of H-pyrrole nitrogens is 1. The standard InChI is InChI=1S/C13H20N2O3S2/c1-9-12(19-13(16)14-9)20(17,18)15-7-6-10-4-2-3-5-11(10)8-15/h10-11H,2-8H2,1H3,(H,14,16). The molecule has 2 unspecified atom stereocenters. The van der Waals surface area contributed by atoms with Gasteiger partial charge in [0, 0.05) is 18.8 Å². The second-order valence-corrected chi connectivity index (χ2v) is 9.00. The molecule has 1 saturated heterocycles. The van der Waals surface area contributed by atoms with Gasteiger partial charge in [0.25, 0.3) is 10.0 Å². The largest absolute Gasteiger partial charge is 0.315 e. The van der Waals surface area contributed by atoms with E-state index in [0.717, 1.165) is 24.2 Å². The number of piperidine rings is 1. The SMILES string of the molecule is Cc1[nH]c(=O)sc1S(=O)(=O)N1CCC2CCCCC2C1. The molecule has 5 nitrogen and oxygen atoms in total. The van der Waals surface area contributed by atoms with E-state index in [1.807, 2.05) is 0 Å². The van der Waals surface area contributed by atoms with E-state index >= 15 is 0 Å². The first-order chi connectivity index (χ1) is 9.48. The number of hydrogen-bond donors (Lipinski definition) is 1. The van der Waals surface area contributed by atoms with E-state index in [-0.39, 0.29) is 9.08 Å². The zero-order valence-corrected chi connectivity index (χ0v) is 13.2. The van der Waals surface area contributed by atoms with E-state index in [0.29, 0.717) is 30.6 Å². The van der Waals surface area contributed by atoms with Gasteiger partial charge in [-0.15, -0.1) is 0 Å². The van der Waals surface area contributed by atoms with E-state index in [1.165, 1.54) is 19.3 Å². The molecule has 1 aliphatic heterocycles. The first-order valence-electron chi connectivity index (χ1n) is 7.18. The zero-order chi connectivity index (χ0) is 14.3. The molecule has 0 aromatic carbocycles. The van der Waals surface area contributed by atoms with Gasteiger partial charge in [0.1, 0.15) is 0 Å². The lowest BCUT2D eigenvalue weighted by atomic mass is 9.76. The molecule has 2 aliphatic rings. The molecule has 1 aliphatic carbocycles. The topological polar surface area (TPSA) is 70.2 Å². The predicted molar refractivity (Wildman–Crippen MR) is 78.5 cm³/mol. The number of sulfonamides is 1. The molecule has 112 valence electrons. The van der Waals surface area contributed by atoms with Gasteiger partial charge in [0.2, 0.25) is 0 Å². The van der Waals surface area contributed by atoms with Crippen molar-refractivity contribution >= 4 is 21.4 Å². The molecule has 3 rings (SSSR count). The fourth-order valence-corrected chi connectivity index (χ4v) is 6.49. The highest BCUT2D eigenvalue weighted by molar-refractivity contribution is 7.91. The van der Waals surface area contributed by atoms with Gasteiger partial charge in [-0.25, -0.2) is 8.42 Å². The number of nitrogens with zero attached hydrogens (tertiary/aromatic N) is 1. The Morgan fingerprint density at radius 3 is 2.55 bits per heavy atom. The van der Waals surface area contributed by atoms with E-state index in [9.17, 15) is 13.2 Å². The van der Waals surface area contributed by atoms with Gasteiger partial charge in [0.15, 0.2) is 4.21 Å². The van der Waals surface area contributed by atoms with Crippen LogP contribution in [0.5, 0.6) is 0 Å². The minimum absolute atomic E-state index is 0.191. The minimum atomic E-state index is -3.50. The number of thiazole rings is 1. The fourth-order valence-electron chi connectivity index (χ4n) is 3.54. The molecular weight excluding hydrogens is 296 g/mol. The van der Waals surface area contributed by atoms with Crippen molar-refractivity contribution in [1.82, 2.24) is 9.29 Å². The second kappa shape index (κ2) is 5.27. The molecule has 1 aromatic heterocycles. The molecule has 1 aromatic rings. The van der Waals surface area contributed by atoms with Crippen LogP contribution in [0.25, 0.3) is 0 Å². The minimum Gasteiger partial charge on any atom is -0.315 e. The first kappa shape index (κ1) is 14.3. The highest BCUT2D eigenvalue weighted by Gasteiger charge is 2.37. The van der Waals surface area contributed by atoms with Crippen LogP contribution in [-0.2, 0) is 10.0 Å². The number of rotatable bonds is 2. The number of aryl methyl sites for hydroxylation is 1. The summed E-state index contributed by atoms with van der Waals surface area (Å²) in [5, 5.41) is 0. The maximum atomic E-state index is 12.7. The predicted octanol–water partition coefficient (Wildman–Crippen LogP) is 1.95. The van der Waals surface area contributed by atoms with Crippen molar-refractivity contribution in [2.45, 2.75) is 43.2 Å². The number of nitrogens with one attached hydrogen (secondary N) is 1. The second-order valence-electron chi connectivity index (χ2n) is 5.88. The monoisotopic (exact) mass is 316 g/mol. The number of hydrogen-bond acceptors (Lipinski definition) is 4. The van der Waals surface area contributed by atoms with Crippen molar-refractivity contribution in [3.63, 3.8) is 0 Å². The van der Waals surface area contributed by atoms with E-state index in [4.69, 9.17) is 0 Å². The third-order valence-electron chi connectivity index (χ3n) is 4.61. The molecule has 2 heterocycles.